The first-order chi connectivity index (χ1) is 10.5. The maximum absolute atomic E-state index is 13.5. The van der Waals surface area contributed by atoms with Gasteiger partial charge in [-0.15, -0.1) is 0 Å². The maximum atomic E-state index is 13.5. The Balaban J connectivity index is 2.23. The van der Waals surface area contributed by atoms with Crippen LogP contribution in [-0.4, -0.2) is 22.8 Å². The number of hydrogen-bond donors (Lipinski definition) is 1. The Bertz CT molecular complexity index is 883. The van der Waals surface area contributed by atoms with Gasteiger partial charge in [0.25, 0.3) is 0 Å². The number of nitrogens with zero attached hydrogens (tertiary/aromatic N) is 1. The minimum absolute atomic E-state index is 0.207. The Morgan fingerprint density at radius 3 is 2.64 bits per heavy atom. The Morgan fingerprint density at radius 1 is 1.18 bits per heavy atom. The van der Waals surface area contributed by atoms with Crippen molar-refractivity contribution in [3.05, 3.63) is 54.0 Å². The number of halogens is 1. The van der Waals surface area contributed by atoms with Crippen LogP contribution < -0.4 is 4.74 Å². The van der Waals surface area contributed by atoms with E-state index in [9.17, 15) is 14.3 Å². The van der Waals surface area contributed by atoms with E-state index in [-0.39, 0.29) is 11.5 Å². The average molecular weight is 299 g/mol. The zero-order valence-electron chi connectivity index (χ0n) is 12.1. The van der Waals surface area contributed by atoms with E-state index in [1.807, 2.05) is 18.2 Å². The van der Waals surface area contributed by atoms with Gasteiger partial charge in [0.15, 0.2) is 0 Å². The van der Waals surface area contributed by atoms with Gasteiger partial charge >= 0.3 is 5.97 Å². The Hall–Kier alpha value is -2.82. The molecule has 0 aliphatic heterocycles. The summed E-state index contributed by atoms with van der Waals surface area (Å²) in [4.78, 5) is 11.2. The molecule has 0 amide bonds. The molecule has 112 valence electrons. The van der Waals surface area contributed by atoms with E-state index in [4.69, 9.17) is 4.74 Å². The average Bonchev–Trinajstić information content (AvgIpc) is 2.84. The van der Waals surface area contributed by atoms with Gasteiger partial charge in [-0.1, -0.05) is 12.1 Å². The fourth-order valence-corrected chi connectivity index (χ4v) is 2.61. The summed E-state index contributed by atoms with van der Waals surface area (Å²) in [6.07, 6.45) is 0. The van der Waals surface area contributed by atoms with Gasteiger partial charge in [0.1, 0.15) is 17.3 Å². The van der Waals surface area contributed by atoms with E-state index in [1.54, 1.807) is 23.7 Å². The van der Waals surface area contributed by atoms with Crippen molar-refractivity contribution in [1.29, 1.82) is 0 Å². The van der Waals surface area contributed by atoms with Gasteiger partial charge in [0.2, 0.25) is 0 Å². The molecule has 1 N–H and O–H groups in total. The first kappa shape index (κ1) is 14.1. The summed E-state index contributed by atoms with van der Waals surface area (Å²) in [6, 6.07) is 11.4. The summed E-state index contributed by atoms with van der Waals surface area (Å²) in [7, 11) is 3.22. The molecule has 22 heavy (non-hydrogen) atoms. The van der Waals surface area contributed by atoms with E-state index in [1.165, 1.54) is 19.2 Å². The van der Waals surface area contributed by atoms with Crippen molar-refractivity contribution >= 4 is 16.9 Å². The number of benzene rings is 2. The largest absolute Gasteiger partial charge is 0.496 e. The summed E-state index contributed by atoms with van der Waals surface area (Å²) >= 11 is 0. The number of ether oxygens (including phenoxy) is 1. The normalized spacial score (nSPS) is 10.9. The fraction of sp³-hybridized carbons (Fsp3) is 0.118. The lowest BCUT2D eigenvalue weighted by atomic mass is 10.0. The monoisotopic (exact) mass is 299 g/mol. The van der Waals surface area contributed by atoms with Gasteiger partial charge < -0.3 is 14.4 Å². The summed E-state index contributed by atoms with van der Waals surface area (Å²) in [5.74, 6) is -0.772. The second-order valence-corrected chi connectivity index (χ2v) is 5.01. The highest BCUT2D eigenvalue weighted by atomic mass is 19.1. The highest BCUT2D eigenvalue weighted by molar-refractivity contribution is 5.96. The molecular formula is C17H14FNO3. The lowest BCUT2D eigenvalue weighted by Gasteiger charge is -2.09. The first-order valence-electron chi connectivity index (χ1n) is 6.68. The summed E-state index contributed by atoms with van der Waals surface area (Å²) in [6.45, 7) is 0. The van der Waals surface area contributed by atoms with Crippen molar-refractivity contribution in [2.24, 2.45) is 7.05 Å². The summed E-state index contributed by atoms with van der Waals surface area (Å²) in [5, 5.41) is 10.00. The quantitative estimate of drug-likeness (QED) is 0.802. The number of fused-ring (bicyclic) bond motifs is 1. The van der Waals surface area contributed by atoms with Gasteiger partial charge in [-0.2, -0.15) is 0 Å². The number of rotatable bonds is 3. The standard InChI is InChI=1S/C17H14FNO3/c1-19-14-7-10(3-4-11(14)8-15(19)17(20)21)13-9-12(18)5-6-16(13)22-2/h3-9H,1-2H3,(H,20,21). The lowest BCUT2D eigenvalue weighted by Crippen LogP contribution is -2.03. The molecule has 0 aliphatic carbocycles. The third kappa shape index (κ3) is 2.20. The minimum atomic E-state index is -0.983. The number of aromatic carboxylic acids is 1. The van der Waals surface area contributed by atoms with Crippen molar-refractivity contribution in [3.8, 4) is 16.9 Å². The van der Waals surface area contributed by atoms with Gasteiger partial charge in [0, 0.05) is 23.5 Å². The number of carboxylic acid groups (broad SMARTS) is 1. The third-order valence-electron chi connectivity index (χ3n) is 3.74. The van der Waals surface area contributed by atoms with Crippen molar-refractivity contribution < 1.29 is 19.0 Å². The number of aryl methyl sites for hydroxylation is 1. The number of aromatic nitrogens is 1. The second-order valence-electron chi connectivity index (χ2n) is 5.01. The van der Waals surface area contributed by atoms with Crippen LogP contribution >= 0.6 is 0 Å². The molecule has 0 saturated heterocycles. The number of carboxylic acids is 1. The molecule has 3 rings (SSSR count). The molecule has 0 spiro atoms. The molecule has 2 aromatic carbocycles. The highest BCUT2D eigenvalue weighted by Crippen LogP contribution is 2.33. The second kappa shape index (κ2) is 5.18. The van der Waals surface area contributed by atoms with Crippen LogP contribution in [0.25, 0.3) is 22.0 Å². The number of methoxy groups -OCH3 is 1. The van der Waals surface area contributed by atoms with Gasteiger partial charge in [0.05, 0.1) is 7.11 Å². The van der Waals surface area contributed by atoms with Crippen LogP contribution in [0.15, 0.2) is 42.5 Å². The molecule has 0 atom stereocenters. The van der Waals surface area contributed by atoms with E-state index >= 15 is 0 Å². The molecule has 1 aromatic heterocycles. The number of carbonyl (C=O) groups is 1. The Kier molecular flexibility index (Phi) is 3.33. The van der Waals surface area contributed by atoms with Crippen LogP contribution in [0, 0.1) is 5.82 Å². The van der Waals surface area contributed by atoms with E-state index in [0.29, 0.717) is 11.3 Å². The van der Waals surface area contributed by atoms with E-state index in [0.717, 1.165) is 16.5 Å². The van der Waals surface area contributed by atoms with Gasteiger partial charge in [-0.3, -0.25) is 0 Å². The highest BCUT2D eigenvalue weighted by Gasteiger charge is 2.14. The van der Waals surface area contributed by atoms with Crippen LogP contribution in [0.3, 0.4) is 0 Å². The van der Waals surface area contributed by atoms with E-state index in [2.05, 4.69) is 0 Å². The number of hydrogen-bond acceptors (Lipinski definition) is 2. The molecule has 0 unspecified atom stereocenters. The summed E-state index contributed by atoms with van der Waals surface area (Å²) in [5.41, 5.74) is 2.36. The molecule has 0 radical (unpaired) electrons. The van der Waals surface area contributed by atoms with Crippen LogP contribution in [0.4, 0.5) is 4.39 Å². The molecule has 0 aliphatic rings. The van der Waals surface area contributed by atoms with E-state index < -0.39 is 5.97 Å². The molecule has 0 fully saturated rings. The first-order valence-corrected chi connectivity index (χ1v) is 6.68. The SMILES string of the molecule is COc1ccc(F)cc1-c1ccc2cc(C(=O)O)n(C)c2c1. The van der Waals surface area contributed by atoms with Crippen molar-refractivity contribution in [2.45, 2.75) is 0 Å². The van der Waals surface area contributed by atoms with Crippen molar-refractivity contribution in [1.82, 2.24) is 4.57 Å². The third-order valence-corrected chi connectivity index (χ3v) is 3.74. The molecule has 0 bridgehead atoms. The lowest BCUT2D eigenvalue weighted by molar-refractivity contribution is 0.0687. The van der Waals surface area contributed by atoms with Gasteiger partial charge in [-0.25, -0.2) is 9.18 Å². The van der Waals surface area contributed by atoms with Gasteiger partial charge in [-0.05, 0) is 35.9 Å². The van der Waals surface area contributed by atoms with Crippen LogP contribution in [-0.2, 0) is 7.05 Å². The molecule has 0 saturated carbocycles. The molecule has 3 aromatic rings. The molecule has 4 nitrogen and oxygen atoms in total. The smallest absolute Gasteiger partial charge is 0.352 e. The topological polar surface area (TPSA) is 51.5 Å². The zero-order valence-corrected chi connectivity index (χ0v) is 12.1. The Morgan fingerprint density at radius 2 is 1.95 bits per heavy atom. The molecule has 1 heterocycles. The predicted molar refractivity (Wildman–Crippen MR) is 81.8 cm³/mol. The van der Waals surface area contributed by atoms with Crippen LogP contribution in [0.2, 0.25) is 0 Å². The minimum Gasteiger partial charge on any atom is -0.496 e. The van der Waals surface area contributed by atoms with Crippen molar-refractivity contribution in [2.75, 3.05) is 7.11 Å². The zero-order chi connectivity index (χ0) is 15.9. The Labute approximate surface area is 126 Å². The fourth-order valence-electron chi connectivity index (χ4n) is 2.61. The summed E-state index contributed by atoms with van der Waals surface area (Å²) < 4.78 is 20.4. The van der Waals surface area contributed by atoms with Crippen LogP contribution in [0.1, 0.15) is 10.5 Å². The molecular weight excluding hydrogens is 285 g/mol. The predicted octanol–water partition coefficient (Wildman–Crippen LogP) is 3.69. The molecule has 5 heteroatoms. The van der Waals surface area contributed by atoms with Crippen LogP contribution in [0.5, 0.6) is 5.75 Å². The maximum Gasteiger partial charge on any atom is 0.352 e. The van der Waals surface area contributed by atoms with Crippen molar-refractivity contribution in [3.63, 3.8) is 0 Å².